The maximum absolute atomic E-state index is 12.1. The van der Waals surface area contributed by atoms with Crippen LogP contribution in [0.1, 0.15) is 34.3 Å². The summed E-state index contributed by atoms with van der Waals surface area (Å²) in [6.45, 7) is 0. The van der Waals surface area contributed by atoms with E-state index in [2.05, 4.69) is 0 Å². The lowest BCUT2D eigenvalue weighted by Crippen LogP contribution is -2.12. The van der Waals surface area contributed by atoms with Gasteiger partial charge in [-0.2, -0.15) is 0 Å². The molecule has 20 heavy (non-hydrogen) atoms. The molecule has 0 atom stereocenters. The van der Waals surface area contributed by atoms with Crippen molar-refractivity contribution in [2.75, 3.05) is 0 Å². The number of esters is 1. The van der Waals surface area contributed by atoms with Crippen LogP contribution in [0.25, 0.3) is 0 Å². The van der Waals surface area contributed by atoms with Crippen LogP contribution < -0.4 is 4.74 Å². The Balaban J connectivity index is 1.91. The number of hydrogen-bond donors (Lipinski definition) is 1. The van der Waals surface area contributed by atoms with Gasteiger partial charge in [0.25, 0.3) is 0 Å². The van der Waals surface area contributed by atoms with Gasteiger partial charge < -0.3 is 9.84 Å². The summed E-state index contributed by atoms with van der Waals surface area (Å²) in [6.07, 6.45) is 4.03. The van der Waals surface area contributed by atoms with Crippen molar-refractivity contribution < 1.29 is 14.6 Å². The van der Waals surface area contributed by atoms with Gasteiger partial charge in [0.05, 0.1) is 5.56 Å². The summed E-state index contributed by atoms with van der Waals surface area (Å²) in [5.41, 5.74) is 2.66. The van der Waals surface area contributed by atoms with Gasteiger partial charge >= 0.3 is 5.97 Å². The van der Waals surface area contributed by atoms with Crippen molar-refractivity contribution in [3.63, 3.8) is 0 Å². The summed E-state index contributed by atoms with van der Waals surface area (Å²) >= 11 is 0. The molecular formula is C17H16O3. The zero-order valence-corrected chi connectivity index (χ0v) is 11.1. The van der Waals surface area contributed by atoms with E-state index >= 15 is 0 Å². The molecule has 3 rings (SSSR count). The van der Waals surface area contributed by atoms with Crippen LogP contribution in [0.5, 0.6) is 11.5 Å². The smallest absolute Gasteiger partial charge is 0.343 e. The molecule has 1 N–H and O–H groups in total. The number of ether oxygens (including phenoxy) is 1. The molecule has 1 aliphatic carbocycles. The summed E-state index contributed by atoms with van der Waals surface area (Å²) < 4.78 is 5.48. The predicted octanol–water partition coefficient (Wildman–Crippen LogP) is 3.49. The van der Waals surface area contributed by atoms with Gasteiger partial charge in [0.15, 0.2) is 0 Å². The van der Waals surface area contributed by atoms with E-state index in [1.165, 1.54) is 6.07 Å². The van der Waals surface area contributed by atoms with Gasteiger partial charge in [-0.05, 0) is 55.0 Å². The molecule has 0 spiro atoms. The quantitative estimate of drug-likeness (QED) is 0.670. The van der Waals surface area contributed by atoms with E-state index in [0.29, 0.717) is 11.3 Å². The molecule has 3 nitrogen and oxygen atoms in total. The minimum absolute atomic E-state index is 0.154. The molecule has 0 aromatic heterocycles. The normalized spacial score (nSPS) is 13.6. The highest BCUT2D eigenvalue weighted by Crippen LogP contribution is 2.34. The molecule has 0 unspecified atom stereocenters. The first-order chi connectivity index (χ1) is 9.74. The third kappa shape index (κ3) is 2.52. The summed E-state index contributed by atoms with van der Waals surface area (Å²) in [5.74, 6) is 0.263. The molecule has 0 saturated heterocycles. The molecule has 0 radical (unpaired) electrons. The van der Waals surface area contributed by atoms with E-state index in [1.807, 2.05) is 6.07 Å². The number of phenolic OH excluding ortho intramolecular Hbond substituents is 1. The van der Waals surface area contributed by atoms with Crippen molar-refractivity contribution in [3.8, 4) is 11.5 Å². The van der Waals surface area contributed by atoms with E-state index < -0.39 is 0 Å². The Morgan fingerprint density at radius 1 is 1.05 bits per heavy atom. The number of aromatic hydroxyl groups is 1. The Kier molecular flexibility index (Phi) is 3.42. The van der Waals surface area contributed by atoms with Gasteiger partial charge in [-0.3, -0.25) is 0 Å². The maximum Gasteiger partial charge on any atom is 0.343 e. The van der Waals surface area contributed by atoms with Gasteiger partial charge in [-0.25, -0.2) is 4.79 Å². The number of carbonyl (C=O) groups excluding carboxylic acids is 1. The lowest BCUT2D eigenvalue weighted by atomic mass is 9.91. The molecule has 102 valence electrons. The van der Waals surface area contributed by atoms with Crippen molar-refractivity contribution in [2.24, 2.45) is 0 Å². The molecular weight excluding hydrogens is 252 g/mol. The second kappa shape index (κ2) is 5.37. The third-order valence-corrected chi connectivity index (χ3v) is 3.62. The van der Waals surface area contributed by atoms with Crippen LogP contribution >= 0.6 is 0 Å². The molecule has 2 aromatic carbocycles. The molecule has 0 amide bonds. The number of benzene rings is 2. The molecule has 0 fully saturated rings. The molecule has 0 bridgehead atoms. The number of phenols is 1. The average Bonchev–Trinajstić information content (AvgIpc) is 2.48. The van der Waals surface area contributed by atoms with Crippen molar-refractivity contribution >= 4 is 5.97 Å². The van der Waals surface area contributed by atoms with Crippen LogP contribution in [0, 0.1) is 0 Å². The van der Waals surface area contributed by atoms with Crippen LogP contribution in [0.15, 0.2) is 42.5 Å². The Hall–Kier alpha value is -2.29. The van der Waals surface area contributed by atoms with Crippen molar-refractivity contribution in [2.45, 2.75) is 25.7 Å². The summed E-state index contributed by atoms with van der Waals surface area (Å²) in [7, 11) is 0. The Morgan fingerprint density at radius 2 is 1.80 bits per heavy atom. The molecule has 1 aliphatic rings. The highest BCUT2D eigenvalue weighted by Gasteiger charge is 2.18. The van der Waals surface area contributed by atoms with Gasteiger partial charge in [0.1, 0.15) is 11.5 Å². The molecule has 0 aliphatic heterocycles. The summed E-state index contributed by atoms with van der Waals surface area (Å²) in [6, 6.07) is 12.2. The number of carbonyl (C=O) groups is 1. The largest absolute Gasteiger partial charge is 0.508 e. The first-order valence-electron chi connectivity index (χ1n) is 6.86. The highest BCUT2D eigenvalue weighted by molar-refractivity contribution is 5.91. The number of fused-ring (bicyclic) bond motifs is 1. The van der Waals surface area contributed by atoms with Crippen LogP contribution in [0.3, 0.4) is 0 Å². The zero-order chi connectivity index (χ0) is 13.9. The lowest BCUT2D eigenvalue weighted by molar-refractivity contribution is 0.0732. The first-order valence-corrected chi connectivity index (χ1v) is 6.86. The third-order valence-electron chi connectivity index (χ3n) is 3.62. The average molecular weight is 268 g/mol. The number of aryl methyl sites for hydroxylation is 1. The Bertz CT molecular complexity index is 632. The fraction of sp³-hybridized carbons (Fsp3) is 0.235. The van der Waals surface area contributed by atoms with Crippen LogP contribution in [0.4, 0.5) is 0 Å². The van der Waals surface area contributed by atoms with Crippen molar-refractivity contribution in [1.29, 1.82) is 0 Å². The second-order valence-electron chi connectivity index (χ2n) is 5.04. The van der Waals surface area contributed by atoms with E-state index in [1.54, 1.807) is 30.3 Å². The van der Waals surface area contributed by atoms with Gasteiger partial charge in [-0.15, -0.1) is 0 Å². The fourth-order valence-electron chi connectivity index (χ4n) is 2.64. The first kappa shape index (κ1) is 12.7. The van der Waals surface area contributed by atoms with Gasteiger partial charge in [0.2, 0.25) is 0 Å². The minimum Gasteiger partial charge on any atom is -0.508 e. The van der Waals surface area contributed by atoms with E-state index in [9.17, 15) is 9.90 Å². The Morgan fingerprint density at radius 3 is 2.60 bits per heavy atom. The molecule has 3 heteroatoms. The van der Waals surface area contributed by atoms with E-state index in [0.717, 1.165) is 36.8 Å². The monoisotopic (exact) mass is 268 g/mol. The number of hydrogen-bond acceptors (Lipinski definition) is 3. The van der Waals surface area contributed by atoms with Gasteiger partial charge in [0, 0.05) is 6.07 Å². The Labute approximate surface area is 117 Å². The second-order valence-corrected chi connectivity index (χ2v) is 5.04. The topological polar surface area (TPSA) is 46.5 Å². The maximum atomic E-state index is 12.1. The van der Waals surface area contributed by atoms with Crippen LogP contribution in [0.2, 0.25) is 0 Å². The predicted molar refractivity (Wildman–Crippen MR) is 76.1 cm³/mol. The van der Waals surface area contributed by atoms with Crippen LogP contribution in [-0.2, 0) is 12.8 Å². The highest BCUT2D eigenvalue weighted by atomic mass is 16.5. The molecule has 0 saturated carbocycles. The van der Waals surface area contributed by atoms with Crippen molar-refractivity contribution in [1.82, 2.24) is 0 Å². The molecule has 0 heterocycles. The molecule has 2 aromatic rings. The SMILES string of the molecule is O=C(Oc1cc(O)cc2c1CCCC2)c1ccccc1. The summed E-state index contributed by atoms with van der Waals surface area (Å²) in [4.78, 5) is 12.1. The summed E-state index contributed by atoms with van der Waals surface area (Å²) in [5, 5.41) is 9.76. The zero-order valence-electron chi connectivity index (χ0n) is 11.1. The van der Waals surface area contributed by atoms with Crippen molar-refractivity contribution in [3.05, 3.63) is 59.2 Å². The standard InChI is InChI=1S/C17H16O3/c18-14-10-13-8-4-5-9-15(13)16(11-14)20-17(19)12-6-2-1-3-7-12/h1-3,6-7,10-11,18H,4-5,8-9H2. The minimum atomic E-state index is -0.385. The van der Waals surface area contributed by atoms with E-state index in [-0.39, 0.29) is 11.7 Å². The number of rotatable bonds is 2. The fourth-order valence-corrected chi connectivity index (χ4v) is 2.64. The van der Waals surface area contributed by atoms with E-state index in [4.69, 9.17) is 4.74 Å². The lowest BCUT2D eigenvalue weighted by Gasteiger charge is -2.19. The van der Waals surface area contributed by atoms with Crippen LogP contribution in [-0.4, -0.2) is 11.1 Å². The van der Waals surface area contributed by atoms with Gasteiger partial charge in [-0.1, -0.05) is 18.2 Å².